The first-order valence-corrected chi connectivity index (χ1v) is 14.1. The van der Waals surface area contributed by atoms with Gasteiger partial charge in [-0.15, -0.1) is 0 Å². The van der Waals surface area contributed by atoms with Crippen LogP contribution in [0.15, 0.2) is 121 Å². The van der Waals surface area contributed by atoms with E-state index in [0.717, 1.165) is 28.7 Å². The molecule has 1 heterocycles. The quantitative estimate of drug-likeness (QED) is 0.208. The number of aliphatic hydroxyl groups excluding tert-OH is 1. The van der Waals surface area contributed by atoms with Gasteiger partial charge in [0, 0.05) is 12.6 Å². The SMILES string of the molecule is OCC(c1ccccc1)N1C[C@@](COCc2ccccc2)(OCc2ccccc2)C[C@H]1COCc1ccccc1. The maximum Gasteiger partial charge on any atom is 0.106 e. The van der Waals surface area contributed by atoms with Crippen LogP contribution in [0.25, 0.3) is 0 Å². The van der Waals surface area contributed by atoms with Crippen LogP contribution in [0.1, 0.15) is 34.7 Å². The summed E-state index contributed by atoms with van der Waals surface area (Å²) in [6.45, 7) is 3.20. The van der Waals surface area contributed by atoms with Crippen LogP contribution >= 0.6 is 0 Å². The molecule has 0 aliphatic carbocycles. The van der Waals surface area contributed by atoms with Gasteiger partial charge in [0.2, 0.25) is 0 Å². The molecule has 4 aromatic carbocycles. The standard InChI is InChI=1S/C35H39NO4/c37-22-34(32-19-11-4-12-20-32)36-27-35(40-25-31-17-9-3-10-18-31,28-39-24-30-15-7-2-8-16-30)21-33(36)26-38-23-29-13-5-1-6-14-29/h1-20,33-34,37H,21-28H2/t33-,34?,35-/m0/s1. The lowest BCUT2D eigenvalue weighted by molar-refractivity contribution is -0.105. The van der Waals surface area contributed by atoms with Gasteiger partial charge >= 0.3 is 0 Å². The second-order valence-corrected chi connectivity index (χ2v) is 10.6. The molecule has 0 saturated carbocycles. The third kappa shape index (κ3) is 7.66. The number of likely N-dealkylation sites (tertiary alicyclic amines) is 1. The van der Waals surface area contributed by atoms with Crippen molar-refractivity contribution in [2.24, 2.45) is 0 Å². The van der Waals surface area contributed by atoms with E-state index in [-0.39, 0.29) is 18.7 Å². The zero-order valence-corrected chi connectivity index (χ0v) is 23.0. The summed E-state index contributed by atoms with van der Waals surface area (Å²) in [5, 5.41) is 10.6. The minimum atomic E-state index is -0.548. The van der Waals surface area contributed by atoms with Gasteiger partial charge < -0.3 is 19.3 Å². The summed E-state index contributed by atoms with van der Waals surface area (Å²) < 4.78 is 19.4. The highest BCUT2D eigenvalue weighted by atomic mass is 16.5. The van der Waals surface area contributed by atoms with E-state index in [2.05, 4.69) is 53.4 Å². The molecule has 5 rings (SSSR count). The summed E-state index contributed by atoms with van der Waals surface area (Å²) in [6.07, 6.45) is 0.743. The predicted octanol–water partition coefficient (Wildman–Crippen LogP) is 6.18. The van der Waals surface area contributed by atoms with Gasteiger partial charge in [0.25, 0.3) is 0 Å². The van der Waals surface area contributed by atoms with Gasteiger partial charge in [-0.25, -0.2) is 0 Å². The second kappa shape index (κ2) is 14.4. The number of benzene rings is 4. The van der Waals surface area contributed by atoms with Crippen LogP contribution in [0.4, 0.5) is 0 Å². The van der Waals surface area contributed by atoms with Gasteiger partial charge in [0.05, 0.1) is 45.7 Å². The van der Waals surface area contributed by atoms with E-state index >= 15 is 0 Å². The Morgan fingerprint density at radius 2 is 1.18 bits per heavy atom. The molecule has 0 amide bonds. The zero-order valence-electron chi connectivity index (χ0n) is 23.0. The van der Waals surface area contributed by atoms with Crippen molar-refractivity contribution in [1.29, 1.82) is 0 Å². The van der Waals surface area contributed by atoms with Crippen molar-refractivity contribution in [3.8, 4) is 0 Å². The fourth-order valence-electron chi connectivity index (χ4n) is 5.55. The number of ether oxygens (including phenoxy) is 3. The van der Waals surface area contributed by atoms with Gasteiger partial charge in [-0.1, -0.05) is 121 Å². The first kappa shape index (κ1) is 28.2. The molecule has 208 valence electrons. The average molecular weight is 538 g/mol. The Morgan fingerprint density at radius 1 is 0.675 bits per heavy atom. The molecular formula is C35H39NO4. The van der Waals surface area contributed by atoms with Gasteiger partial charge in [0.15, 0.2) is 0 Å². The lowest BCUT2D eigenvalue weighted by atomic mass is 10.0. The molecule has 5 heteroatoms. The van der Waals surface area contributed by atoms with Gasteiger partial charge in [-0.2, -0.15) is 0 Å². The van der Waals surface area contributed by atoms with Crippen molar-refractivity contribution in [3.05, 3.63) is 144 Å². The van der Waals surface area contributed by atoms with Crippen molar-refractivity contribution >= 4 is 0 Å². The molecule has 1 aliphatic heterocycles. The first-order valence-electron chi connectivity index (χ1n) is 14.1. The minimum Gasteiger partial charge on any atom is -0.394 e. The molecule has 3 atom stereocenters. The van der Waals surface area contributed by atoms with Gasteiger partial charge in [-0.05, 0) is 28.7 Å². The van der Waals surface area contributed by atoms with Crippen molar-refractivity contribution < 1.29 is 19.3 Å². The third-order valence-corrected chi connectivity index (χ3v) is 7.59. The number of hydrogen-bond acceptors (Lipinski definition) is 5. The van der Waals surface area contributed by atoms with Crippen LogP contribution in [0.2, 0.25) is 0 Å². The highest BCUT2D eigenvalue weighted by Gasteiger charge is 2.48. The molecule has 1 unspecified atom stereocenters. The maximum atomic E-state index is 10.6. The molecule has 5 nitrogen and oxygen atoms in total. The topological polar surface area (TPSA) is 51.2 Å². The van der Waals surface area contributed by atoms with Crippen molar-refractivity contribution in [2.45, 2.75) is 43.9 Å². The van der Waals surface area contributed by atoms with E-state index in [4.69, 9.17) is 14.2 Å². The van der Waals surface area contributed by atoms with Crippen LogP contribution in [0.3, 0.4) is 0 Å². The normalized spacial score (nSPS) is 20.0. The Kier molecular flexibility index (Phi) is 10.1. The Labute approximate surface area is 238 Å². The summed E-state index contributed by atoms with van der Waals surface area (Å²) >= 11 is 0. The summed E-state index contributed by atoms with van der Waals surface area (Å²) in [6, 6.07) is 40.9. The Hall–Kier alpha value is -3.32. The molecule has 0 bridgehead atoms. The van der Waals surface area contributed by atoms with Crippen LogP contribution in [0, 0.1) is 0 Å². The molecule has 4 aromatic rings. The Bertz CT molecular complexity index is 1260. The van der Waals surface area contributed by atoms with Crippen LogP contribution in [-0.2, 0) is 34.0 Å². The lowest BCUT2D eigenvalue weighted by Crippen LogP contribution is -2.42. The summed E-state index contributed by atoms with van der Waals surface area (Å²) in [7, 11) is 0. The lowest BCUT2D eigenvalue weighted by Gasteiger charge is -2.33. The highest BCUT2D eigenvalue weighted by molar-refractivity contribution is 5.21. The predicted molar refractivity (Wildman–Crippen MR) is 158 cm³/mol. The fraction of sp³-hybridized carbons (Fsp3) is 0.314. The molecule has 40 heavy (non-hydrogen) atoms. The summed E-state index contributed by atoms with van der Waals surface area (Å²) in [5.74, 6) is 0. The van der Waals surface area contributed by atoms with Crippen molar-refractivity contribution in [1.82, 2.24) is 4.90 Å². The molecule has 1 N–H and O–H groups in total. The molecule has 1 saturated heterocycles. The van der Waals surface area contributed by atoms with Crippen molar-refractivity contribution in [3.63, 3.8) is 0 Å². The molecule has 1 fully saturated rings. The van der Waals surface area contributed by atoms with E-state index in [1.165, 1.54) is 0 Å². The molecule has 0 spiro atoms. The van der Waals surface area contributed by atoms with Gasteiger partial charge in [0.1, 0.15) is 5.60 Å². The molecule has 0 radical (unpaired) electrons. The summed E-state index contributed by atoms with van der Waals surface area (Å²) in [5.41, 5.74) is 3.94. The summed E-state index contributed by atoms with van der Waals surface area (Å²) in [4.78, 5) is 2.36. The maximum absolute atomic E-state index is 10.6. The van der Waals surface area contributed by atoms with E-state index in [0.29, 0.717) is 39.6 Å². The number of hydrogen-bond donors (Lipinski definition) is 1. The second-order valence-electron chi connectivity index (χ2n) is 10.6. The molecular weight excluding hydrogens is 498 g/mol. The number of nitrogens with zero attached hydrogens (tertiary/aromatic N) is 1. The first-order chi connectivity index (χ1) is 19.7. The highest BCUT2D eigenvalue weighted by Crippen LogP contribution is 2.38. The Morgan fingerprint density at radius 3 is 1.73 bits per heavy atom. The zero-order chi connectivity index (χ0) is 27.5. The van der Waals surface area contributed by atoms with E-state index in [1.54, 1.807) is 0 Å². The number of aliphatic hydroxyl groups is 1. The van der Waals surface area contributed by atoms with Crippen molar-refractivity contribution in [2.75, 3.05) is 26.4 Å². The monoisotopic (exact) mass is 537 g/mol. The van der Waals surface area contributed by atoms with Gasteiger partial charge in [-0.3, -0.25) is 4.90 Å². The van der Waals surface area contributed by atoms with E-state index in [9.17, 15) is 5.11 Å². The third-order valence-electron chi connectivity index (χ3n) is 7.59. The molecule has 1 aliphatic rings. The van der Waals surface area contributed by atoms with Crippen LogP contribution in [0.5, 0.6) is 0 Å². The van der Waals surface area contributed by atoms with Crippen LogP contribution in [-0.4, -0.2) is 48.0 Å². The largest absolute Gasteiger partial charge is 0.394 e. The number of rotatable bonds is 14. The minimum absolute atomic E-state index is 0.0127. The van der Waals surface area contributed by atoms with E-state index in [1.807, 2.05) is 72.8 Å². The average Bonchev–Trinajstić information content (AvgIpc) is 3.37. The smallest absolute Gasteiger partial charge is 0.106 e. The van der Waals surface area contributed by atoms with Crippen LogP contribution < -0.4 is 0 Å². The van der Waals surface area contributed by atoms with E-state index < -0.39 is 5.60 Å². The Balaban J connectivity index is 1.37. The fourth-order valence-corrected chi connectivity index (χ4v) is 5.55. The molecule has 0 aromatic heterocycles.